The van der Waals surface area contributed by atoms with Crippen LogP contribution in [-0.2, 0) is 10.9 Å². The van der Waals surface area contributed by atoms with Gasteiger partial charge in [-0.25, -0.2) is 9.78 Å². The molecule has 1 fully saturated rings. The first-order valence-corrected chi connectivity index (χ1v) is 8.99. The third-order valence-corrected chi connectivity index (χ3v) is 4.37. The molecule has 0 saturated carbocycles. The lowest BCUT2D eigenvalue weighted by atomic mass is 10.1. The number of carbonyl (C=O) groups is 1. The molecule has 1 aliphatic rings. The van der Waals surface area contributed by atoms with Gasteiger partial charge in [-0.2, -0.15) is 18.2 Å². The highest BCUT2D eigenvalue weighted by atomic mass is 19.4. The summed E-state index contributed by atoms with van der Waals surface area (Å²) in [5.74, 6) is -0.472. The van der Waals surface area contributed by atoms with Crippen molar-refractivity contribution in [3.05, 3.63) is 35.5 Å². The maximum atomic E-state index is 13.0. The number of benzene rings is 1. The summed E-state index contributed by atoms with van der Waals surface area (Å²) in [5.41, 5.74) is 0.0572. The topological polar surface area (TPSA) is 115 Å². The molecule has 3 rings (SSSR count). The molecule has 0 spiro atoms. The van der Waals surface area contributed by atoms with Crippen molar-refractivity contribution in [2.24, 2.45) is 0 Å². The first-order chi connectivity index (χ1) is 14.3. The Labute approximate surface area is 170 Å². The molecule has 1 aliphatic heterocycles. The SMILES string of the molecule is CNc1nc(Nc2cccc(NC(=O)N3CCOCC3)c2C=N)ncc1C(F)(F)F. The molecule has 30 heavy (non-hydrogen) atoms. The van der Waals surface area contributed by atoms with Crippen molar-refractivity contribution in [3.63, 3.8) is 0 Å². The number of nitrogens with zero attached hydrogens (tertiary/aromatic N) is 3. The monoisotopic (exact) mass is 423 g/mol. The Morgan fingerprint density at radius 3 is 2.60 bits per heavy atom. The molecule has 1 aromatic carbocycles. The van der Waals surface area contributed by atoms with Crippen LogP contribution in [0.3, 0.4) is 0 Å². The summed E-state index contributed by atoms with van der Waals surface area (Å²) in [6.07, 6.45) is -2.89. The van der Waals surface area contributed by atoms with Crippen molar-refractivity contribution in [2.45, 2.75) is 6.18 Å². The number of anilines is 4. The molecule has 160 valence electrons. The average molecular weight is 423 g/mol. The van der Waals surface area contributed by atoms with Crippen molar-refractivity contribution in [1.29, 1.82) is 5.41 Å². The van der Waals surface area contributed by atoms with Gasteiger partial charge in [-0.05, 0) is 12.1 Å². The van der Waals surface area contributed by atoms with Gasteiger partial charge in [0.15, 0.2) is 0 Å². The van der Waals surface area contributed by atoms with Gasteiger partial charge < -0.3 is 31.0 Å². The number of alkyl halides is 3. The highest BCUT2D eigenvalue weighted by Gasteiger charge is 2.35. The van der Waals surface area contributed by atoms with E-state index in [2.05, 4.69) is 25.9 Å². The molecule has 0 radical (unpaired) electrons. The predicted octanol–water partition coefficient (Wildman–Crippen LogP) is 3.14. The fraction of sp³-hybridized carbons (Fsp3) is 0.333. The lowest BCUT2D eigenvalue weighted by molar-refractivity contribution is -0.137. The van der Waals surface area contributed by atoms with E-state index in [0.717, 1.165) is 6.21 Å². The molecular formula is C18H20F3N7O2. The number of morpholine rings is 1. The first-order valence-electron chi connectivity index (χ1n) is 8.99. The van der Waals surface area contributed by atoms with Crippen molar-refractivity contribution in [3.8, 4) is 0 Å². The zero-order valence-corrected chi connectivity index (χ0v) is 16.0. The Hall–Kier alpha value is -3.41. The van der Waals surface area contributed by atoms with Crippen LogP contribution in [0, 0.1) is 5.41 Å². The number of halogens is 3. The fourth-order valence-electron chi connectivity index (χ4n) is 2.86. The fourth-order valence-corrected chi connectivity index (χ4v) is 2.86. The predicted molar refractivity (Wildman–Crippen MR) is 106 cm³/mol. The van der Waals surface area contributed by atoms with Crippen LogP contribution < -0.4 is 16.0 Å². The summed E-state index contributed by atoms with van der Waals surface area (Å²) in [5, 5.41) is 15.7. The highest BCUT2D eigenvalue weighted by molar-refractivity contribution is 6.00. The molecule has 9 nitrogen and oxygen atoms in total. The third-order valence-electron chi connectivity index (χ3n) is 4.37. The third kappa shape index (κ3) is 4.76. The number of aromatic nitrogens is 2. The van der Waals surface area contributed by atoms with Gasteiger partial charge in [0.2, 0.25) is 5.95 Å². The van der Waals surface area contributed by atoms with Crippen LogP contribution in [0.25, 0.3) is 0 Å². The Balaban J connectivity index is 1.84. The average Bonchev–Trinajstić information content (AvgIpc) is 2.73. The van der Waals surface area contributed by atoms with E-state index >= 15 is 0 Å². The molecule has 1 aromatic heterocycles. The Morgan fingerprint density at radius 1 is 1.27 bits per heavy atom. The summed E-state index contributed by atoms with van der Waals surface area (Å²) < 4.78 is 44.3. The van der Waals surface area contributed by atoms with E-state index in [9.17, 15) is 18.0 Å². The van der Waals surface area contributed by atoms with Gasteiger partial charge in [-0.1, -0.05) is 6.07 Å². The zero-order chi connectivity index (χ0) is 21.7. The number of ether oxygens (including phenoxy) is 1. The van der Waals surface area contributed by atoms with Crippen molar-refractivity contribution >= 4 is 35.4 Å². The van der Waals surface area contributed by atoms with E-state index < -0.39 is 11.7 Å². The minimum Gasteiger partial charge on any atom is -0.378 e. The summed E-state index contributed by atoms with van der Waals surface area (Å²) in [6.45, 7) is 1.81. The Bertz CT molecular complexity index is 930. The largest absolute Gasteiger partial charge is 0.421 e. The number of carbonyl (C=O) groups excluding carboxylic acids is 1. The van der Waals surface area contributed by atoms with Gasteiger partial charge in [0.05, 0.1) is 24.6 Å². The second kappa shape index (κ2) is 8.95. The number of urea groups is 1. The maximum absolute atomic E-state index is 13.0. The van der Waals surface area contributed by atoms with Gasteiger partial charge >= 0.3 is 12.2 Å². The Kier molecular flexibility index (Phi) is 6.35. The van der Waals surface area contributed by atoms with E-state index in [4.69, 9.17) is 10.1 Å². The van der Waals surface area contributed by atoms with Crippen LogP contribution in [0.5, 0.6) is 0 Å². The van der Waals surface area contributed by atoms with Gasteiger partial charge in [0.25, 0.3) is 0 Å². The van der Waals surface area contributed by atoms with Crippen LogP contribution in [0.4, 0.5) is 41.1 Å². The molecule has 2 amide bonds. The summed E-state index contributed by atoms with van der Waals surface area (Å²) in [7, 11) is 1.33. The van der Waals surface area contributed by atoms with Crippen LogP contribution in [0.2, 0.25) is 0 Å². The van der Waals surface area contributed by atoms with E-state index in [0.29, 0.717) is 49.4 Å². The molecule has 12 heteroatoms. The van der Waals surface area contributed by atoms with E-state index in [1.54, 1.807) is 23.1 Å². The van der Waals surface area contributed by atoms with Gasteiger partial charge in [0.1, 0.15) is 11.4 Å². The molecule has 0 aliphatic carbocycles. The van der Waals surface area contributed by atoms with Crippen LogP contribution in [-0.4, -0.2) is 60.5 Å². The van der Waals surface area contributed by atoms with Gasteiger partial charge in [-0.15, -0.1) is 0 Å². The van der Waals surface area contributed by atoms with Crippen LogP contribution in [0.1, 0.15) is 11.1 Å². The van der Waals surface area contributed by atoms with Crippen molar-refractivity contribution in [1.82, 2.24) is 14.9 Å². The minimum absolute atomic E-state index is 0.0906. The number of hydrogen-bond acceptors (Lipinski definition) is 7. The lowest BCUT2D eigenvalue weighted by Gasteiger charge is -2.27. The smallest absolute Gasteiger partial charge is 0.378 e. The molecule has 4 N–H and O–H groups in total. The molecule has 2 heterocycles. The number of hydrogen-bond donors (Lipinski definition) is 4. The van der Waals surface area contributed by atoms with Crippen molar-refractivity contribution < 1.29 is 22.7 Å². The second-order valence-corrected chi connectivity index (χ2v) is 6.27. The molecule has 0 bridgehead atoms. The number of nitrogens with one attached hydrogen (secondary N) is 4. The lowest BCUT2D eigenvalue weighted by Crippen LogP contribution is -2.43. The highest BCUT2D eigenvalue weighted by Crippen LogP contribution is 2.34. The first kappa shape index (κ1) is 21.3. The normalized spacial score (nSPS) is 14.2. The molecule has 0 unspecified atom stereocenters. The standard InChI is InChI=1S/C18H20F3N7O2/c1-23-15-12(18(19,20)21)10-24-16(27-15)25-13-3-2-4-14(11(13)9-22)26-17(29)28-5-7-30-8-6-28/h2-4,9-10,22H,5-8H2,1H3,(H,26,29)(H2,23,24,25,27). The molecule has 1 saturated heterocycles. The molecule has 0 atom stereocenters. The molecular weight excluding hydrogens is 403 g/mol. The minimum atomic E-state index is -4.60. The molecule has 2 aromatic rings. The quantitative estimate of drug-likeness (QED) is 0.550. The summed E-state index contributed by atoms with van der Waals surface area (Å²) >= 11 is 0. The number of rotatable bonds is 5. The van der Waals surface area contributed by atoms with E-state index in [-0.39, 0.29) is 17.8 Å². The number of amides is 2. The zero-order valence-electron chi connectivity index (χ0n) is 16.0. The summed E-state index contributed by atoms with van der Waals surface area (Å²) in [4.78, 5) is 21.6. The van der Waals surface area contributed by atoms with Crippen LogP contribution in [0.15, 0.2) is 24.4 Å². The summed E-state index contributed by atoms with van der Waals surface area (Å²) in [6, 6.07) is 4.52. The maximum Gasteiger partial charge on any atom is 0.421 e. The van der Waals surface area contributed by atoms with E-state index in [1.807, 2.05) is 0 Å². The Morgan fingerprint density at radius 2 is 1.97 bits per heavy atom. The van der Waals surface area contributed by atoms with E-state index in [1.165, 1.54) is 7.05 Å². The van der Waals surface area contributed by atoms with Crippen molar-refractivity contribution in [2.75, 3.05) is 49.3 Å². The van der Waals surface area contributed by atoms with Gasteiger partial charge in [-0.3, -0.25) is 0 Å². The second-order valence-electron chi connectivity index (χ2n) is 6.27. The van der Waals surface area contributed by atoms with Crippen LogP contribution >= 0.6 is 0 Å². The van der Waals surface area contributed by atoms with Gasteiger partial charge in [0, 0.05) is 38.1 Å².